The standard InChI is InChI=1S/C16H18ClN3O/c1-11-4-2-3-9-20(11)16(21)15-10-14(18-19-15)12-5-7-13(17)8-6-12/h5-8,10-11H,2-4,9H2,1H3,(H,18,19). The van der Waals surface area contributed by atoms with Crippen LogP contribution in [0.5, 0.6) is 0 Å². The molecule has 1 amide bonds. The molecule has 1 unspecified atom stereocenters. The number of halogens is 1. The van der Waals surface area contributed by atoms with Crippen molar-refractivity contribution >= 4 is 17.5 Å². The average molecular weight is 304 g/mol. The highest BCUT2D eigenvalue weighted by atomic mass is 35.5. The van der Waals surface area contributed by atoms with E-state index in [0.717, 1.165) is 30.6 Å². The Balaban J connectivity index is 1.81. The molecule has 1 aromatic carbocycles. The number of hydrogen-bond donors (Lipinski definition) is 1. The molecule has 2 aromatic rings. The highest BCUT2D eigenvalue weighted by molar-refractivity contribution is 6.30. The number of aromatic amines is 1. The predicted molar refractivity (Wildman–Crippen MR) is 83.4 cm³/mol. The molecule has 0 aliphatic carbocycles. The number of aromatic nitrogens is 2. The number of carbonyl (C=O) groups is 1. The van der Waals surface area contributed by atoms with E-state index >= 15 is 0 Å². The molecule has 0 bridgehead atoms. The molecule has 1 saturated heterocycles. The fourth-order valence-corrected chi connectivity index (χ4v) is 2.88. The lowest BCUT2D eigenvalue weighted by atomic mass is 10.0. The van der Waals surface area contributed by atoms with Crippen molar-refractivity contribution in [2.45, 2.75) is 32.2 Å². The number of hydrogen-bond acceptors (Lipinski definition) is 2. The topological polar surface area (TPSA) is 49.0 Å². The first-order valence-electron chi connectivity index (χ1n) is 7.27. The summed E-state index contributed by atoms with van der Waals surface area (Å²) < 4.78 is 0. The number of H-pyrrole nitrogens is 1. The number of amides is 1. The van der Waals surface area contributed by atoms with Crippen LogP contribution in [0.15, 0.2) is 30.3 Å². The number of rotatable bonds is 2. The van der Waals surface area contributed by atoms with Crippen molar-refractivity contribution in [1.82, 2.24) is 15.1 Å². The van der Waals surface area contributed by atoms with Gasteiger partial charge in [-0.05, 0) is 44.4 Å². The van der Waals surface area contributed by atoms with Gasteiger partial charge in [0.2, 0.25) is 0 Å². The molecule has 4 nitrogen and oxygen atoms in total. The molecule has 1 atom stereocenters. The largest absolute Gasteiger partial charge is 0.335 e. The second-order valence-corrected chi connectivity index (χ2v) is 5.95. The molecule has 1 fully saturated rings. The Morgan fingerprint density at radius 2 is 2.10 bits per heavy atom. The Morgan fingerprint density at radius 1 is 1.33 bits per heavy atom. The van der Waals surface area contributed by atoms with E-state index in [2.05, 4.69) is 17.1 Å². The van der Waals surface area contributed by atoms with Crippen LogP contribution in [-0.4, -0.2) is 33.6 Å². The lowest BCUT2D eigenvalue weighted by molar-refractivity contribution is 0.0629. The molecule has 5 heteroatoms. The highest BCUT2D eigenvalue weighted by Gasteiger charge is 2.25. The van der Waals surface area contributed by atoms with Crippen LogP contribution in [0, 0.1) is 0 Å². The minimum Gasteiger partial charge on any atom is -0.335 e. The summed E-state index contributed by atoms with van der Waals surface area (Å²) in [5.74, 6) is 0.0370. The number of carbonyl (C=O) groups excluding carboxylic acids is 1. The summed E-state index contributed by atoms with van der Waals surface area (Å²) in [6, 6.07) is 9.55. The van der Waals surface area contributed by atoms with E-state index in [1.54, 1.807) is 0 Å². The number of piperidine rings is 1. The van der Waals surface area contributed by atoms with Gasteiger partial charge in [-0.15, -0.1) is 0 Å². The maximum absolute atomic E-state index is 12.5. The molecule has 2 heterocycles. The maximum atomic E-state index is 12.5. The zero-order valence-corrected chi connectivity index (χ0v) is 12.7. The Bertz CT molecular complexity index is 635. The van der Waals surface area contributed by atoms with Crippen LogP contribution < -0.4 is 0 Å². The molecule has 1 aliphatic heterocycles. The van der Waals surface area contributed by atoms with E-state index in [-0.39, 0.29) is 5.91 Å². The number of benzene rings is 1. The normalized spacial score (nSPS) is 18.8. The summed E-state index contributed by atoms with van der Waals surface area (Å²) in [5, 5.41) is 7.79. The van der Waals surface area contributed by atoms with Crippen LogP contribution in [0.1, 0.15) is 36.7 Å². The number of nitrogens with one attached hydrogen (secondary N) is 1. The molecule has 3 rings (SSSR count). The zero-order valence-electron chi connectivity index (χ0n) is 12.0. The van der Waals surface area contributed by atoms with Crippen molar-refractivity contribution < 1.29 is 4.79 Å². The molecule has 1 N–H and O–H groups in total. The second kappa shape index (κ2) is 5.90. The van der Waals surface area contributed by atoms with E-state index < -0.39 is 0 Å². The van der Waals surface area contributed by atoms with Crippen molar-refractivity contribution in [3.63, 3.8) is 0 Å². The number of nitrogens with zero attached hydrogens (tertiary/aromatic N) is 2. The minimum absolute atomic E-state index is 0.0370. The summed E-state index contributed by atoms with van der Waals surface area (Å²) in [6.07, 6.45) is 3.35. The molecular formula is C16H18ClN3O. The fourth-order valence-electron chi connectivity index (χ4n) is 2.75. The van der Waals surface area contributed by atoms with Gasteiger partial charge in [0.1, 0.15) is 5.69 Å². The van der Waals surface area contributed by atoms with Gasteiger partial charge in [-0.25, -0.2) is 0 Å². The van der Waals surface area contributed by atoms with Crippen LogP contribution in [0.2, 0.25) is 5.02 Å². The molecule has 1 aromatic heterocycles. The molecular weight excluding hydrogens is 286 g/mol. The smallest absolute Gasteiger partial charge is 0.272 e. The molecule has 0 saturated carbocycles. The zero-order chi connectivity index (χ0) is 14.8. The third-order valence-corrected chi connectivity index (χ3v) is 4.26. The van der Waals surface area contributed by atoms with Gasteiger partial charge < -0.3 is 4.90 Å². The van der Waals surface area contributed by atoms with Crippen LogP contribution in [0.4, 0.5) is 0 Å². The van der Waals surface area contributed by atoms with E-state index in [1.807, 2.05) is 35.2 Å². The first-order valence-corrected chi connectivity index (χ1v) is 7.65. The van der Waals surface area contributed by atoms with Gasteiger partial charge in [0.25, 0.3) is 5.91 Å². The third-order valence-electron chi connectivity index (χ3n) is 4.01. The Morgan fingerprint density at radius 3 is 2.81 bits per heavy atom. The monoisotopic (exact) mass is 303 g/mol. The molecule has 1 aliphatic rings. The highest BCUT2D eigenvalue weighted by Crippen LogP contribution is 2.22. The number of likely N-dealkylation sites (tertiary alicyclic amines) is 1. The Kier molecular flexibility index (Phi) is 3.97. The SMILES string of the molecule is CC1CCCCN1C(=O)c1cc(-c2ccc(Cl)cc2)n[nH]1. The summed E-state index contributed by atoms with van der Waals surface area (Å²) >= 11 is 5.88. The van der Waals surface area contributed by atoms with E-state index in [9.17, 15) is 4.79 Å². The summed E-state index contributed by atoms with van der Waals surface area (Å²) in [7, 11) is 0. The van der Waals surface area contributed by atoms with Crippen molar-refractivity contribution in [1.29, 1.82) is 0 Å². The summed E-state index contributed by atoms with van der Waals surface area (Å²) in [5.41, 5.74) is 2.26. The fraction of sp³-hybridized carbons (Fsp3) is 0.375. The molecule has 110 valence electrons. The van der Waals surface area contributed by atoms with Gasteiger partial charge in [-0.1, -0.05) is 23.7 Å². The summed E-state index contributed by atoms with van der Waals surface area (Å²) in [6.45, 7) is 2.93. The van der Waals surface area contributed by atoms with Crippen LogP contribution in [0.25, 0.3) is 11.3 Å². The molecule has 0 spiro atoms. The van der Waals surface area contributed by atoms with E-state index in [0.29, 0.717) is 16.8 Å². The van der Waals surface area contributed by atoms with Crippen LogP contribution >= 0.6 is 11.6 Å². The summed E-state index contributed by atoms with van der Waals surface area (Å²) in [4.78, 5) is 14.5. The van der Waals surface area contributed by atoms with Gasteiger partial charge in [-0.2, -0.15) is 5.10 Å². The predicted octanol–water partition coefficient (Wildman–Crippen LogP) is 3.74. The van der Waals surface area contributed by atoms with E-state index in [1.165, 1.54) is 6.42 Å². The minimum atomic E-state index is 0.0370. The van der Waals surface area contributed by atoms with Crippen molar-refractivity contribution in [3.8, 4) is 11.3 Å². The average Bonchev–Trinajstić information content (AvgIpc) is 2.98. The Labute approximate surface area is 129 Å². The molecule has 0 radical (unpaired) electrons. The first-order chi connectivity index (χ1) is 10.1. The third kappa shape index (κ3) is 2.95. The van der Waals surface area contributed by atoms with Gasteiger partial charge >= 0.3 is 0 Å². The van der Waals surface area contributed by atoms with Gasteiger partial charge in [0.15, 0.2) is 0 Å². The van der Waals surface area contributed by atoms with Gasteiger partial charge in [0, 0.05) is 23.2 Å². The maximum Gasteiger partial charge on any atom is 0.272 e. The van der Waals surface area contributed by atoms with Crippen molar-refractivity contribution in [3.05, 3.63) is 41.0 Å². The van der Waals surface area contributed by atoms with Crippen molar-refractivity contribution in [2.75, 3.05) is 6.54 Å². The quantitative estimate of drug-likeness (QED) is 0.918. The van der Waals surface area contributed by atoms with Gasteiger partial charge in [0.05, 0.1) is 5.69 Å². The van der Waals surface area contributed by atoms with Crippen LogP contribution in [-0.2, 0) is 0 Å². The lowest BCUT2D eigenvalue weighted by Crippen LogP contribution is -2.42. The van der Waals surface area contributed by atoms with Crippen molar-refractivity contribution in [2.24, 2.45) is 0 Å². The second-order valence-electron chi connectivity index (χ2n) is 5.52. The first kappa shape index (κ1) is 14.1. The lowest BCUT2D eigenvalue weighted by Gasteiger charge is -2.32. The van der Waals surface area contributed by atoms with E-state index in [4.69, 9.17) is 11.6 Å². The van der Waals surface area contributed by atoms with Crippen LogP contribution in [0.3, 0.4) is 0 Å². The van der Waals surface area contributed by atoms with Gasteiger partial charge in [-0.3, -0.25) is 9.89 Å². The molecule has 21 heavy (non-hydrogen) atoms. The Hall–Kier alpha value is -1.81.